The molecule has 2 aliphatic heterocycles. The zero-order valence-electron chi connectivity index (χ0n) is 10.9. The van der Waals surface area contributed by atoms with Crippen molar-refractivity contribution < 1.29 is 9.59 Å². The highest BCUT2D eigenvalue weighted by molar-refractivity contribution is 8.00. The predicted octanol–water partition coefficient (Wildman–Crippen LogP) is -0.228. The lowest BCUT2D eigenvalue weighted by atomic mass is 10.2. The van der Waals surface area contributed by atoms with Gasteiger partial charge in [-0.1, -0.05) is 0 Å². The van der Waals surface area contributed by atoms with E-state index in [1.165, 1.54) is 18.6 Å². The van der Waals surface area contributed by atoms with E-state index in [1.807, 2.05) is 16.7 Å². The molecule has 0 aromatic rings. The van der Waals surface area contributed by atoms with Gasteiger partial charge in [-0.15, -0.1) is 0 Å². The summed E-state index contributed by atoms with van der Waals surface area (Å²) in [6, 6.07) is 0. The van der Waals surface area contributed by atoms with Gasteiger partial charge in [-0.3, -0.25) is 14.5 Å². The number of carbonyl (C=O) groups is 2. The summed E-state index contributed by atoms with van der Waals surface area (Å²) in [6.45, 7) is 2.97. The van der Waals surface area contributed by atoms with Crippen LogP contribution in [0.1, 0.15) is 12.8 Å². The molecule has 1 unspecified atom stereocenters. The first kappa shape index (κ1) is 13.7. The summed E-state index contributed by atoms with van der Waals surface area (Å²) in [4.78, 5) is 26.9. The number of nitrogens with one attached hydrogen (secondary N) is 1. The number of piperazine rings is 1. The molecule has 2 fully saturated rings. The maximum absolute atomic E-state index is 11.8. The maximum Gasteiger partial charge on any atom is 0.236 e. The van der Waals surface area contributed by atoms with E-state index >= 15 is 0 Å². The van der Waals surface area contributed by atoms with E-state index in [1.54, 1.807) is 11.9 Å². The molecular weight excluding hydrogens is 250 g/mol. The van der Waals surface area contributed by atoms with Crippen LogP contribution < -0.4 is 5.32 Å². The molecule has 2 saturated heterocycles. The molecule has 1 N–H and O–H groups in total. The number of hydrogen-bond acceptors (Lipinski definition) is 4. The smallest absolute Gasteiger partial charge is 0.236 e. The van der Waals surface area contributed by atoms with Crippen molar-refractivity contribution in [3.63, 3.8) is 0 Å². The van der Waals surface area contributed by atoms with E-state index < -0.39 is 0 Å². The SMILES string of the molecule is CN1CCN(CC(=O)NCC2CCCS2)CC1=O. The summed E-state index contributed by atoms with van der Waals surface area (Å²) in [5.74, 6) is 1.35. The van der Waals surface area contributed by atoms with Crippen molar-refractivity contribution in [1.29, 1.82) is 0 Å². The summed E-state index contributed by atoms with van der Waals surface area (Å²) in [7, 11) is 1.80. The number of hydrogen-bond donors (Lipinski definition) is 1. The predicted molar refractivity (Wildman–Crippen MR) is 72.6 cm³/mol. The highest BCUT2D eigenvalue weighted by Gasteiger charge is 2.23. The monoisotopic (exact) mass is 271 g/mol. The third kappa shape index (κ3) is 3.88. The van der Waals surface area contributed by atoms with Gasteiger partial charge in [0.25, 0.3) is 0 Å². The molecule has 0 aromatic heterocycles. The number of rotatable bonds is 4. The second-order valence-corrected chi connectivity index (χ2v) is 6.37. The van der Waals surface area contributed by atoms with Crippen molar-refractivity contribution in [3.8, 4) is 0 Å². The van der Waals surface area contributed by atoms with Gasteiger partial charge in [0, 0.05) is 31.9 Å². The molecule has 102 valence electrons. The highest BCUT2D eigenvalue weighted by atomic mass is 32.2. The molecule has 2 aliphatic rings. The highest BCUT2D eigenvalue weighted by Crippen LogP contribution is 2.25. The van der Waals surface area contributed by atoms with Crippen molar-refractivity contribution in [2.45, 2.75) is 18.1 Å². The molecule has 0 aromatic carbocycles. The molecule has 0 spiro atoms. The molecule has 0 saturated carbocycles. The average Bonchev–Trinajstić information content (AvgIpc) is 2.84. The van der Waals surface area contributed by atoms with Crippen LogP contribution in [0.5, 0.6) is 0 Å². The Labute approximate surface area is 112 Å². The van der Waals surface area contributed by atoms with E-state index in [9.17, 15) is 9.59 Å². The second-order valence-electron chi connectivity index (χ2n) is 4.97. The Bertz CT molecular complexity index is 318. The van der Waals surface area contributed by atoms with Crippen LogP contribution >= 0.6 is 11.8 Å². The fraction of sp³-hybridized carbons (Fsp3) is 0.833. The molecule has 5 nitrogen and oxygen atoms in total. The number of nitrogens with zero attached hydrogens (tertiary/aromatic N) is 2. The minimum Gasteiger partial charge on any atom is -0.354 e. The van der Waals surface area contributed by atoms with Crippen LogP contribution in [-0.2, 0) is 9.59 Å². The van der Waals surface area contributed by atoms with Crippen LogP contribution in [0.3, 0.4) is 0 Å². The first-order valence-corrected chi connectivity index (χ1v) is 7.54. The first-order valence-electron chi connectivity index (χ1n) is 6.50. The number of amides is 2. The van der Waals surface area contributed by atoms with Crippen molar-refractivity contribution >= 4 is 23.6 Å². The molecular formula is C12H21N3O2S. The molecule has 6 heteroatoms. The lowest BCUT2D eigenvalue weighted by Crippen LogP contribution is -2.51. The van der Waals surface area contributed by atoms with Gasteiger partial charge >= 0.3 is 0 Å². The van der Waals surface area contributed by atoms with Crippen molar-refractivity contribution in [3.05, 3.63) is 0 Å². The zero-order valence-corrected chi connectivity index (χ0v) is 11.7. The largest absolute Gasteiger partial charge is 0.354 e. The van der Waals surface area contributed by atoms with Gasteiger partial charge in [0.1, 0.15) is 0 Å². The van der Waals surface area contributed by atoms with Gasteiger partial charge < -0.3 is 10.2 Å². The Hall–Kier alpha value is -0.750. The third-order valence-corrected chi connectivity index (χ3v) is 4.85. The fourth-order valence-electron chi connectivity index (χ4n) is 2.23. The van der Waals surface area contributed by atoms with Crippen molar-refractivity contribution in [1.82, 2.24) is 15.1 Å². The van der Waals surface area contributed by atoms with Crippen LogP contribution in [0.2, 0.25) is 0 Å². The molecule has 2 heterocycles. The lowest BCUT2D eigenvalue weighted by molar-refractivity contribution is -0.135. The summed E-state index contributed by atoms with van der Waals surface area (Å²) in [5, 5.41) is 3.56. The Morgan fingerprint density at radius 1 is 1.50 bits per heavy atom. The van der Waals surface area contributed by atoms with Crippen LogP contribution in [0.25, 0.3) is 0 Å². The van der Waals surface area contributed by atoms with Crippen LogP contribution in [0.4, 0.5) is 0 Å². The Morgan fingerprint density at radius 3 is 3.00 bits per heavy atom. The van der Waals surface area contributed by atoms with Crippen molar-refractivity contribution in [2.75, 3.05) is 45.5 Å². The lowest BCUT2D eigenvalue weighted by Gasteiger charge is -2.31. The van der Waals surface area contributed by atoms with E-state index in [0.717, 1.165) is 13.1 Å². The van der Waals surface area contributed by atoms with Crippen LogP contribution in [-0.4, -0.2) is 72.4 Å². The van der Waals surface area contributed by atoms with E-state index in [4.69, 9.17) is 0 Å². The van der Waals surface area contributed by atoms with Crippen LogP contribution in [0, 0.1) is 0 Å². The number of carbonyl (C=O) groups excluding carboxylic acids is 2. The molecule has 0 bridgehead atoms. The van der Waals surface area contributed by atoms with E-state index in [0.29, 0.717) is 24.9 Å². The molecule has 0 radical (unpaired) electrons. The van der Waals surface area contributed by atoms with E-state index in [-0.39, 0.29) is 11.8 Å². The van der Waals surface area contributed by atoms with Gasteiger partial charge in [0.15, 0.2) is 0 Å². The third-order valence-electron chi connectivity index (χ3n) is 3.45. The Kier molecular flexibility index (Phi) is 4.88. The molecule has 2 rings (SSSR count). The quantitative estimate of drug-likeness (QED) is 0.767. The Balaban J connectivity index is 1.66. The minimum atomic E-state index is 0.0415. The Morgan fingerprint density at radius 2 is 2.33 bits per heavy atom. The summed E-state index contributed by atoms with van der Waals surface area (Å²) in [5.41, 5.74) is 0. The van der Waals surface area contributed by atoms with E-state index in [2.05, 4.69) is 5.32 Å². The van der Waals surface area contributed by atoms with Gasteiger partial charge in [-0.2, -0.15) is 11.8 Å². The number of likely N-dealkylation sites (N-methyl/N-ethyl adjacent to an activating group) is 1. The summed E-state index contributed by atoms with van der Waals surface area (Å²) >= 11 is 1.94. The van der Waals surface area contributed by atoms with Crippen LogP contribution in [0.15, 0.2) is 0 Å². The second kappa shape index (κ2) is 6.43. The van der Waals surface area contributed by atoms with Gasteiger partial charge in [0.2, 0.25) is 11.8 Å². The summed E-state index contributed by atoms with van der Waals surface area (Å²) in [6.07, 6.45) is 2.47. The summed E-state index contributed by atoms with van der Waals surface area (Å²) < 4.78 is 0. The van der Waals surface area contributed by atoms with Gasteiger partial charge in [0.05, 0.1) is 13.1 Å². The topological polar surface area (TPSA) is 52.6 Å². The fourth-order valence-corrected chi connectivity index (χ4v) is 3.44. The number of thioether (sulfide) groups is 1. The zero-order chi connectivity index (χ0) is 13.0. The molecule has 2 amide bonds. The normalized spacial score (nSPS) is 25.5. The van der Waals surface area contributed by atoms with Crippen molar-refractivity contribution in [2.24, 2.45) is 0 Å². The van der Waals surface area contributed by atoms with Gasteiger partial charge in [-0.25, -0.2) is 0 Å². The molecule has 1 atom stereocenters. The maximum atomic E-state index is 11.8. The molecule has 0 aliphatic carbocycles. The van der Waals surface area contributed by atoms with Gasteiger partial charge in [-0.05, 0) is 18.6 Å². The first-order chi connectivity index (χ1) is 8.65. The minimum absolute atomic E-state index is 0.0415. The average molecular weight is 271 g/mol. The molecule has 18 heavy (non-hydrogen) atoms. The standard InChI is InChI=1S/C12H21N3O2S/c1-14-4-5-15(9-12(14)17)8-11(16)13-7-10-3-2-6-18-10/h10H,2-9H2,1H3,(H,13,16).